The summed E-state index contributed by atoms with van der Waals surface area (Å²) in [7, 11) is 1.53. The number of nitrogens with zero attached hydrogens (tertiary/aromatic N) is 3. The van der Waals surface area contributed by atoms with Gasteiger partial charge in [-0.2, -0.15) is 0 Å². The summed E-state index contributed by atoms with van der Waals surface area (Å²) in [5.74, 6) is -1.24. The number of hydrogen-bond donors (Lipinski definition) is 1. The smallest absolute Gasteiger partial charge is 0.321 e. The molecule has 0 aliphatic carbocycles. The van der Waals surface area contributed by atoms with Crippen LogP contribution in [0.15, 0.2) is 29.3 Å². The quantitative estimate of drug-likeness (QED) is 0.439. The average Bonchev–Trinajstić information content (AvgIpc) is 2.73. The predicted molar refractivity (Wildman–Crippen MR) is 101 cm³/mol. The number of nitrogens with one attached hydrogen (secondary N) is 1. The molecule has 1 saturated heterocycles. The van der Waals surface area contributed by atoms with Gasteiger partial charge in [-0.1, -0.05) is 18.2 Å². The van der Waals surface area contributed by atoms with E-state index in [2.05, 4.69) is 5.32 Å². The van der Waals surface area contributed by atoms with Crippen molar-refractivity contribution in [3.05, 3.63) is 29.8 Å². The molecule has 2 aliphatic heterocycles. The third-order valence-electron chi connectivity index (χ3n) is 4.86. The van der Waals surface area contributed by atoms with Crippen molar-refractivity contribution in [2.75, 3.05) is 39.9 Å². The first kappa shape index (κ1) is 19.7. The lowest BCUT2D eigenvalue weighted by Gasteiger charge is -2.37. The van der Waals surface area contributed by atoms with Gasteiger partial charge in [-0.05, 0) is 13.0 Å². The van der Waals surface area contributed by atoms with Gasteiger partial charge in [-0.15, -0.1) is 0 Å². The third-order valence-corrected chi connectivity index (χ3v) is 4.86. The van der Waals surface area contributed by atoms with E-state index in [0.29, 0.717) is 43.5 Å². The van der Waals surface area contributed by atoms with Crippen LogP contribution in [0.5, 0.6) is 5.75 Å². The lowest BCUT2D eigenvalue weighted by atomic mass is 9.90. The number of rotatable bonds is 5. The molecule has 9 heteroatoms. The molecule has 1 aromatic carbocycles. The number of carbonyl (C=O) groups is 3. The molecule has 2 amide bonds. The van der Waals surface area contributed by atoms with E-state index in [0.717, 1.165) is 6.41 Å². The maximum atomic E-state index is 12.8. The van der Waals surface area contributed by atoms with E-state index in [4.69, 9.17) is 14.5 Å². The fourth-order valence-corrected chi connectivity index (χ4v) is 3.40. The average molecular weight is 388 g/mol. The Hall–Kier alpha value is -3.10. The van der Waals surface area contributed by atoms with Crippen LogP contribution in [0.25, 0.3) is 0 Å². The maximum absolute atomic E-state index is 12.8. The van der Waals surface area contributed by atoms with Gasteiger partial charge in [0.05, 0.1) is 13.7 Å². The molecule has 2 aliphatic rings. The predicted octanol–water partition coefficient (Wildman–Crippen LogP) is 0.175. The number of aliphatic imine (C=N–C) groups is 1. The highest BCUT2D eigenvalue weighted by molar-refractivity contribution is 6.08. The van der Waals surface area contributed by atoms with Gasteiger partial charge in [-0.25, -0.2) is 4.99 Å². The van der Waals surface area contributed by atoms with Crippen molar-refractivity contribution >= 4 is 24.2 Å². The fourth-order valence-electron chi connectivity index (χ4n) is 3.40. The molecule has 3 rings (SSSR count). The molecule has 9 nitrogen and oxygen atoms in total. The van der Waals surface area contributed by atoms with Crippen LogP contribution in [0.2, 0.25) is 0 Å². The standard InChI is InChI=1S/C19H24N4O5/c1-3-28-18(26)15-16(13-6-4-5-7-14(13)27-2)20-19(21-17(15)25)23-10-8-22(12-24)9-11-23/h4-7,12,15-16H,3,8-11H2,1-2H3,(H,20,21,25)/t15-,16-/m0/s1. The van der Waals surface area contributed by atoms with E-state index in [9.17, 15) is 14.4 Å². The van der Waals surface area contributed by atoms with Crippen molar-refractivity contribution < 1.29 is 23.9 Å². The summed E-state index contributed by atoms with van der Waals surface area (Å²) in [4.78, 5) is 44.5. The molecule has 0 unspecified atom stereocenters. The Morgan fingerprint density at radius 2 is 2.00 bits per heavy atom. The maximum Gasteiger partial charge on any atom is 0.321 e. The summed E-state index contributed by atoms with van der Waals surface area (Å²) in [6, 6.07) is 6.42. The molecule has 150 valence electrons. The Kier molecular flexibility index (Phi) is 6.13. The highest BCUT2D eigenvalue weighted by Gasteiger charge is 2.43. The lowest BCUT2D eigenvalue weighted by Crippen LogP contribution is -2.57. The lowest BCUT2D eigenvalue weighted by molar-refractivity contribution is -0.153. The normalized spacial score (nSPS) is 22.2. The molecule has 0 bridgehead atoms. The number of benzene rings is 1. The molecular weight excluding hydrogens is 364 g/mol. The number of piperazine rings is 1. The summed E-state index contributed by atoms with van der Waals surface area (Å²) in [6.45, 7) is 4.03. The van der Waals surface area contributed by atoms with Crippen LogP contribution in [0, 0.1) is 5.92 Å². The van der Waals surface area contributed by atoms with Crippen molar-refractivity contribution in [2.24, 2.45) is 10.9 Å². The van der Waals surface area contributed by atoms with E-state index in [-0.39, 0.29) is 6.61 Å². The van der Waals surface area contributed by atoms with Crippen LogP contribution in [0.3, 0.4) is 0 Å². The molecule has 0 aromatic heterocycles. The largest absolute Gasteiger partial charge is 0.496 e. The fraction of sp³-hybridized carbons (Fsp3) is 0.474. The van der Waals surface area contributed by atoms with Gasteiger partial charge in [0.15, 0.2) is 5.92 Å². The highest BCUT2D eigenvalue weighted by atomic mass is 16.5. The Bertz CT molecular complexity index is 773. The van der Waals surface area contributed by atoms with E-state index >= 15 is 0 Å². The zero-order valence-corrected chi connectivity index (χ0v) is 16.0. The van der Waals surface area contributed by atoms with Crippen LogP contribution < -0.4 is 10.1 Å². The summed E-state index contributed by atoms with van der Waals surface area (Å²) in [5, 5.41) is 2.73. The van der Waals surface area contributed by atoms with E-state index in [1.54, 1.807) is 24.0 Å². The summed E-state index contributed by atoms with van der Waals surface area (Å²) < 4.78 is 10.5. The Morgan fingerprint density at radius 3 is 2.64 bits per heavy atom. The number of para-hydroxylation sites is 1. The zero-order chi connectivity index (χ0) is 20.1. The molecule has 1 N–H and O–H groups in total. The highest BCUT2D eigenvalue weighted by Crippen LogP contribution is 2.36. The summed E-state index contributed by atoms with van der Waals surface area (Å²) in [6.07, 6.45) is 0.813. The monoisotopic (exact) mass is 388 g/mol. The topological polar surface area (TPSA) is 101 Å². The minimum absolute atomic E-state index is 0.172. The van der Waals surface area contributed by atoms with Gasteiger partial charge < -0.3 is 19.3 Å². The van der Waals surface area contributed by atoms with Crippen molar-refractivity contribution in [3.63, 3.8) is 0 Å². The van der Waals surface area contributed by atoms with Gasteiger partial charge >= 0.3 is 5.97 Å². The molecular formula is C19H24N4O5. The first-order chi connectivity index (χ1) is 13.6. The minimum Gasteiger partial charge on any atom is -0.496 e. The zero-order valence-electron chi connectivity index (χ0n) is 16.0. The second-order valence-corrected chi connectivity index (χ2v) is 6.49. The molecule has 0 spiro atoms. The van der Waals surface area contributed by atoms with Crippen LogP contribution >= 0.6 is 0 Å². The second-order valence-electron chi connectivity index (χ2n) is 6.49. The van der Waals surface area contributed by atoms with Crippen LogP contribution in [0.1, 0.15) is 18.5 Å². The van der Waals surface area contributed by atoms with Crippen LogP contribution in [-0.2, 0) is 19.1 Å². The van der Waals surface area contributed by atoms with Gasteiger partial charge in [-0.3, -0.25) is 19.7 Å². The number of hydrogen-bond acceptors (Lipinski definition) is 7. The second kappa shape index (κ2) is 8.73. The van der Waals surface area contributed by atoms with Gasteiger partial charge in [0, 0.05) is 31.7 Å². The van der Waals surface area contributed by atoms with Gasteiger partial charge in [0.25, 0.3) is 0 Å². The summed E-state index contributed by atoms with van der Waals surface area (Å²) in [5.41, 5.74) is 0.641. The van der Waals surface area contributed by atoms with Crippen LogP contribution in [0.4, 0.5) is 0 Å². The number of esters is 1. The van der Waals surface area contributed by atoms with Crippen molar-refractivity contribution in [3.8, 4) is 5.75 Å². The molecule has 28 heavy (non-hydrogen) atoms. The molecule has 2 atom stereocenters. The SMILES string of the molecule is CCOC(=O)[C@@H]1C(=O)NC(N2CCN(C=O)CC2)=N[C@H]1c1ccccc1OC. The van der Waals surface area contributed by atoms with Crippen LogP contribution in [-0.4, -0.2) is 73.9 Å². The molecule has 0 saturated carbocycles. The molecule has 1 aromatic rings. The molecule has 2 heterocycles. The van der Waals surface area contributed by atoms with Crippen molar-refractivity contribution in [1.29, 1.82) is 0 Å². The number of carbonyl (C=O) groups excluding carboxylic acids is 3. The van der Waals surface area contributed by atoms with Crippen molar-refractivity contribution in [2.45, 2.75) is 13.0 Å². The van der Waals surface area contributed by atoms with E-state index in [1.165, 1.54) is 7.11 Å². The Morgan fingerprint density at radius 1 is 1.29 bits per heavy atom. The Balaban J connectivity index is 1.96. The molecule has 0 radical (unpaired) electrons. The number of methoxy groups -OCH3 is 1. The number of amides is 2. The first-order valence-electron chi connectivity index (χ1n) is 9.21. The number of guanidine groups is 1. The van der Waals surface area contributed by atoms with Crippen molar-refractivity contribution in [1.82, 2.24) is 15.1 Å². The Labute approximate surface area is 163 Å². The third kappa shape index (κ3) is 3.92. The summed E-state index contributed by atoms with van der Waals surface area (Å²) >= 11 is 0. The van der Waals surface area contributed by atoms with E-state index in [1.807, 2.05) is 17.0 Å². The van der Waals surface area contributed by atoms with E-state index < -0.39 is 23.8 Å². The van der Waals surface area contributed by atoms with Gasteiger partial charge in [0.1, 0.15) is 11.8 Å². The minimum atomic E-state index is -1.10. The first-order valence-corrected chi connectivity index (χ1v) is 9.21. The van der Waals surface area contributed by atoms with Gasteiger partial charge in [0.2, 0.25) is 18.3 Å². The molecule has 1 fully saturated rings. The number of ether oxygens (including phenoxy) is 2.